The van der Waals surface area contributed by atoms with Crippen molar-refractivity contribution in [2.24, 2.45) is 7.05 Å². The van der Waals surface area contributed by atoms with E-state index in [0.717, 1.165) is 0 Å². The lowest BCUT2D eigenvalue weighted by atomic mass is 10.4. The largest absolute Gasteiger partial charge is 0.435 e. The van der Waals surface area contributed by atoms with Gasteiger partial charge in [0.15, 0.2) is 11.4 Å². The highest BCUT2D eigenvalue weighted by Crippen LogP contribution is 2.26. The number of nitrogens with one attached hydrogen (secondary N) is 1. The van der Waals surface area contributed by atoms with Gasteiger partial charge in [0.1, 0.15) is 5.39 Å². The molecular weight excluding hydrogens is 244 g/mol. The molecule has 0 fully saturated rings. The number of nitrogens with zero attached hydrogens (tertiary/aromatic N) is 5. The lowest BCUT2D eigenvalue weighted by molar-refractivity contribution is 0.467. The van der Waals surface area contributed by atoms with Crippen LogP contribution in [0.15, 0.2) is 18.6 Å². The SMILES string of the molecule is Cn1cc(Oc2nc(Cl)nc3[nH]ncc23)cn1. The van der Waals surface area contributed by atoms with Crippen LogP contribution in [-0.2, 0) is 7.05 Å². The number of aryl methyl sites for hydroxylation is 1. The summed E-state index contributed by atoms with van der Waals surface area (Å²) in [6.45, 7) is 0. The van der Waals surface area contributed by atoms with E-state index in [0.29, 0.717) is 22.7 Å². The van der Waals surface area contributed by atoms with Crippen LogP contribution in [0, 0.1) is 0 Å². The summed E-state index contributed by atoms with van der Waals surface area (Å²) in [4.78, 5) is 7.99. The molecule has 0 bridgehead atoms. The molecule has 0 aliphatic carbocycles. The lowest BCUT2D eigenvalue weighted by Gasteiger charge is -2.02. The number of hydrogen-bond donors (Lipinski definition) is 1. The number of H-pyrrole nitrogens is 1. The minimum absolute atomic E-state index is 0.0978. The fourth-order valence-electron chi connectivity index (χ4n) is 1.42. The maximum absolute atomic E-state index is 5.78. The first-order valence-electron chi connectivity index (χ1n) is 4.75. The Bertz CT molecular complexity index is 675. The summed E-state index contributed by atoms with van der Waals surface area (Å²) in [5.41, 5.74) is 0.531. The van der Waals surface area contributed by atoms with E-state index in [9.17, 15) is 0 Å². The van der Waals surface area contributed by atoms with Crippen LogP contribution >= 0.6 is 11.6 Å². The van der Waals surface area contributed by atoms with Crippen molar-refractivity contribution in [2.75, 3.05) is 0 Å². The summed E-state index contributed by atoms with van der Waals surface area (Å²) in [6.07, 6.45) is 4.89. The average Bonchev–Trinajstić information content (AvgIpc) is 2.87. The second-order valence-corrected chi connectivity index (χ2v) is 3.72. The number of hydrogen-bond acceptors (Lipinski definition) is 5. The Morgan fingerprint density at radius 3 is 3.00 bits per heavy atom. The maximum atomic E-state index is 5.78. The molecule has 0 radical (unpaired) electrons. The minimum Gasteiger partial charge on any atom is -0.435 e. The van der Waals surface area contributed by atoms with E-state index in [1.54, 1.807) is 30.3 Å². The highest BCUT2D eigenvalue weighted by Gasteiger charge is 2.11. The highest BCUT2D eigenvalue weighted by atomic mass is 35.5. The molecule has 0 saturated heterocycles. The van der Waals surface area contributed by atoms with Crippen LogP contribution in [0.2, 0.25) is 5.28 Å². The van der Waals surface area contributed by atoms with Gasteiger partial charge < -0.3 is 4.74 Å². The Labute approximate surface area is 100 Å². The Balaban J connectivity index is 2.07. The molecule has 1 N–H and O–H groups in total. The smallest absolute Gasteiger partial charge is 0.234 e. The molecule has 0 unspecified atom stereocenters. The van der Waals surface area contributed by atoms with Gasteiger partial charge in [-0.1, -0.05) is 0 Å². The highest BCUT2D eigenvalue weighted by molar-refractivity contribution is 6.28. The van der Waals surface area contributed by atoms with E-state index < -0.39 is 0 Å². The summed E-state index contributed by atoms with van der Waals surface area (Å²) in [5.74, 6) is 0.923. The molecule has 0 aliphatic heterocycles. The summed E-state index contributed by atoms with van der Waals surface area (Å²) in [6, 6.07) is 0. The van der Waals surface area contributed by atoms with Crippen molar-refractivity contribution >= 4 is 22.6 Å². The van der Waals surface area contributed by atoms with Gasteiger partial charge in [0.05, 0.1) is 18.6 Å². The van der Waals surface area contributed by atoms with Gasteiger partial charge in [0.25, 0.3) is 0 Å². The first-order chi connectivity index (χ1) is 8.22. The van der Waals surface area contributed by atoms with Crippen LogP contribution in [0.25, 0.3) is 11.0 Å². The molecule has 3 aromatic rings. The number of aromatic amines is 1. The van der Waals surface area contributed by atoms with Gasteiger partial charge in [0.2, 0.25) is 11.2 Å². The molecule has 3 rings (SSSR count). The van der Waals surface area contributed by atoms with Crippen LogP contribution in [-0.4, -0.2) is 29.9 Å². The van der Waals surface area contributed by atoms with Gasteiger partial charge in [-0.25, -0.2) is 0 Å². The third-order valence-corrected chi connectivity index (χ3v) is 2.31. The molecule has 0 aromatic carbocycles. The van der Waals surface area contributed by atoms with Crippen LogP contribution in [0.1, 0.15) is 0 Å². The number of fused-ring (bicyclic) bond motifs is 1. The molecule has 0 aliphatic rings. The van der Waals surface area contributed by atoms with E-state index >= 15 is 0 Å². The second-order valence-electron chi connectivity index (χ2n) is 3.38. The van der Waals surface area contributed by atoms with Gasteiger partial charge in [-0.3, -0.25) is 9.78 Å². The van der Waals surface area contributed by atoms with Crippen molar-refractivity contribution in [1.82, 2.24) is 29.9 Å². The van der Waals surface area contributed by atoms with Gasteiger partial charge in [-0.15, -0.1) is 0 Å². The van der Waals surface area contributed by atoms with Crippen LogP contribution in [0.5, 0.6) is 11.6 Å². The minimum atomic E-state index is 0.0978. The average molecular weight is 251 g/mol. The Kier molecular flexibility index (Phi) is 2.19. The van der Waals surface area contributed by atoms with Crippen molar-refractivity contribution in [3.63, 3.8) is 0 Å². The Hall–Kier alpha value is -2.15. The van der Waals surface area contributed by atoms with E-state index in [1.165, 1.54) is 0 Å². The fraction of sp³-hybridized carbons (Fsp3) is 0.111. The van der Waals surface area contributed by atoms with Crippen molar-refractivity contribution in [3.05, 3.63) is 23.9 Å². The van der Waals surface area contributed by atoms with Crippen LogP contribution in [0.3, 0.4) is 0 Å². The molecule has 0 amide bonds. The zero-order chi connectivity index (χ0) is 11.8. The predicted octanol–water partition coefficient (Wildman–Crippen LogP) is 1.53. The third kappa shape index (κ3) is 1.80. The summed E-state index contributed by atoms with van der Waals surface area (Å²) >= 11 is 5.78. The topological polar surface area (TPSA) is 81.5 Å². The molecule has 3 heterocycles. The van der Waals surface area contributed by atoms with Crippen LogP contribution < -0.4 is 4.74 Å². The number of aromatic nitrogens is 6. The molecule has 0 spiro atoms. The number of halogens is 1. The number of rotatable bonds is 2. The number of ether oxygens (including phenoxy) is 1. The second kappa shape index (κ2) is 3.70. The summed E-state index contributed by atoms with van der Waals surface area (Å²) < 4.78 is 7.20. The lowest BCUT2D eigenvalue weighted by Crippen LogP contribution is -1.91. The van der Waals surface area contributed by atoms with E-state index in [2.05, 4.69) is 25.3 Å². The monoisotopic (exact) mass is 250 g/mol. The standard InChI is InChI=1S/C9H7ClN6O/c1-16-4-5(2-12-16)17-8-6-3-11-15-7(6)13-9(10)14-8/h2-4H,1H3,(H,11,13,14,15). The molecule has 8 heteroatoms. The van der Waals surface area contributed by atoms with Crippen molar-refractivity contribution in [1.29, 1.82) is 0 Å². The van der Waals surface area contributed by atoms with Crippen molar-refractivity contribution in [3.8, 4) is 11.6 Å². The van der Waals surface area contributed by atoms with Crippen LogP contribution in [0.4, 0.5) is 0 Å². The molecular formula is C9H7ClN6O. The molecule has 0 atom stereocenters. The van der Waals surface area contributed by atoms with Gasteiger partial charge in [-0.2, -0.15) is 20.2 Å². The zero-order valence-electron chi connectivity index (χ0n) is 8.75. The molecule has 3 aromatic heterocycles. The van der Waals surface area contributed by atoms with Gasteiger partial charge in [-0.05, 0) is 11.6 Å². The predicted molar refractivity (Wildman–Crippen MR) is 60.0 cm³/mol. The quantitative estimate of drug-likeness (QED) is 0.698. The Morgan fingerprint density at radius 2 is 2.24 bits per heavy atom. The van der Waals surface area contributed by atoms with Gasteiger partial charge >= 0.3 is 0 Å². The molecule has 7 nitrogen and oxygen atoms in total. The normalized spacial score (nSPS) is 10.9. The van der Waals surface area contributed by atoms with E-state index in [-0.39, 0.29) is 5.28 Å². The van der Waals surface area contributed by atoms with E-state index in [1.807, 2.05) is 0 Å². The first kappa shape index (κ1) is 10.0. The summed E-state index contributed by atoms with van der Waals surface area (Å²) in [7, 11) is 1.80. The fourth-order valence-corrected chi connectivity index (χ4v) is 1.58. The summed E-state index contributed by atoms with van der Waals surface area (Å²) in [5, 5.41) is 11.3. The van der Waals surface area contributed by atoms with E-state index in [4.69, 9.17) is 16.3 Å². The maximum Gasteiger partial charge on any atom is 0.234 e. The third-order valence-electron chi connectivity index (χ3n) is 2.14. The van der Waals surface area contributed by atoms with Gasteiger partial charge in [0, 0.05) is 7.05 Å². The zero-order valence-corrected chi connectivity index (χ0v) is 9.51. The Morgan fingerprint density at radius 1 is 1.35 bits per heavy atom. The van der Waals surface area contributed by atoms with Crippen molar-refractivity contribution in [2.45, 2.75) is 0 Å². The van der Waals surface area contributed by atoms with Crippen molar-refractivity contribution < 1.29 is 4.74 Å². The first-order valence-corrected chi connectivity index (χ1v) is 5.13. The molecule has 0 saturated carbocycles. The molecule has 86 valence electrons. The molecule has 17 heavy (non-hydrogen) atoms.